The van der Waals surface area contributed by atoms with Crippen molar-refractivity contribution in [3.05, 3.63) is 6.20 Å². The minimum absolute atomic E-state index is 0.0477. The van der Waals surface area contributed by atoms with Crippen LogP contribution in [0.3, 0.4) is 0 Å². The molecule has 0 aliphatic carbocycles. The molecule has 0 aromatic carbocycles. The van der Waals surface area contributed by atoms with Crippen LogP contribution in [-0.4, -0.2) is 43.7 Å². The Morgan fingerprint density at radius 1 is 1.39 bits per heavy atom. The second kappa shape index (κ2) is 7.01. The number of nitrogens with one attached hydrogen (secondary N) is 2. The fourth-order valence-corrected chi connectivity index (χ4v) is 1.01. The van der Waals surface area contributed by atoms with E-state index in [1.165, 1.54) is 27.5 Å². The zero-order chi connectivity index (χ0) is 13.4. The predicted molar refractivity (Wildman–Crippen MR) is 61.6 cm³/mol. The topological polar surface area (TPSA) is 107 Å². The summed E-state index contributed by atoms with van der Waals surface area (Å²) in [6, 6.07) is 0.123. The molecule has 0 atom stereocenters. The summed E-state index contributed by atoms with van der Waals surface area (Å²) >= 11 is 0. The number of hydroxylamine groups is 1. The van der Waals surface area contributed by atoms with Crippen LogP contribution >= 0.6 is 0 Å². The van der Waals surface area contributed by atoms with Gasteiger partial charge < -0.3 is 9.47 Å². The number of aliphatic imine (C=N–C) groups is 1. The van der Waals surface area contributed by atoms with E-state index in [0.29, 0.717) is 12.2 Å². The van der Waals surface area contributed by atoms with Gasteiger partial charge in [-0.05, 0) is 0 Å². The molecular formula is C9H13N5O4. The molecule has 2 N–H and O–H groups in total. The lowest BCUT2D eigenvalue weighted by Gasteiger charge is -2.08. The van der Waals surface area contributed by atoms with Crippen molar-refractivity contribution >= 4 is 18.2 Å². The molecule has 1 aromatic heterocycles. The van der Waals surface area contributed by atoms with Gasteiger partial charge in [-0.15, -0.1) is 0 Å². The van der Waals surface area contributed by atoms with Gasteiger partial charge in [0.25, 0.3) is 0 Å². The molecule has 98 valence electrons. The van der Waals surface area contributed by atoms with E-state index in [0.717, 1.165) is 0 Å². The van der Waals surface area contributed by atoms with Crippen LogP contribution in [0.4, 0.5) is 5.82 Å². The van der Waals surface area contributed by atoms with Crippen LogP contribution in [0.15, 0.2) is 11.2 Å². The minimum atomic E-state index is 0.0477. The highest BCUT2D eigenvalue weighted by molar-refractivity contribution is 5.89. The zero-order valence-corrected chi connectivity index (χ0v) is 10.1. The molecule has 0 saturated carbocycles. The largest absolute Gasteiger partial charge is 0.491 e. The highest BCUT2D eigenvalue weighted by Gasteiger charge is 2.08. The number of rotatable bonds is 5. The second-order valence-electron chi connectivity index (χ2n) is 2.78. The molecule has 0 aliphatic heterocycles. The van der Waals surface area contributed by atoms with Gasteiger partial charge in [-0.3, -0.25) is 14.9 Å². The third-order valence-corrected chi connectivity index (χ3v) is 1.73. The summed E-state index contributed by atoms with van der Waals surface area (Å²) in [5.74, 6) is 0.545. The number of hydrogen-bond donors (Lipinski definition) is 2. The molecule has 9 nitrogen and oxygen atoms in total. The number of methoxy groups -OCH3 is 2. The molecule has 0 unspecified atom stereocenters. The van der Waals surface area contributed by atoms with Crippen molar-refractivity contribution in [3.63, 3.8) is 0 Å². The first-order chi connectivity index (χ1) is 8.74. The van der Waals surface area contributed by atoms with Gasteiger partial charge in [0.05, 0.1) is 27.5 Å². The third-order valence-electron chi connectivity index (χ3n) is 1.73. The quantitative estimate of drug-likeness (QED) is 0.312. The van der Waals surface area contributed by atoms with Gasteiger partial charge >= 0.3 is 6.01 Å². The van der Waals surface area contributed by atoms with Crippen molar-refractivity contribution in [1.29, 1.82) is 0 Å². The summed E-state index contributed by atoms with van der Waals surface area (Å²) in [4.78, 5) is 26.9. The molecule has 0 aliphatic rings. The van der Waals surface area contributed by atoms with Crippen LogP contribution in [0.5, 0.6) is 11.8 Å². The van der Waals surface area contributed by atoms with Crippen molar-refractivity contribution in [2.24, 2.45) is 4.99 Å². The van der Waals surface area contributed by atoms with Gasteiger partial charge in [0, 0.05) is 0 Å². The molecular weight excluding hydrogens is 242 g/mol. The van der Waals surface area contributed by atoms with Crippen molar-refractivity contribution in [2.45, 2.75) is 0 Å². The molecule has 0 radical (unpaired) electrons. The van der Waals surface area contributed by atoms with Gasteiger partial charge in [-0.1, -0.05) is 0 Å². The molecule has 0 spiro atoms. The average Bonchev–Trinajstić information content (AvgIpc) is 2.39. The molecule has 1 rings (SSSR count). The van der Waals surface area contributed by atoms with Crippen LogP contribution < -0.4 is 20.3 Å². The van der Waals surface area contributed by atoms with Crippen LogP contribution in [0.25, 0.3) is 0 Å². The standard InChI is InChI=1S/C9H13N5O4/c1-16-6-4-10-9(17-2)13-7(6)12-8(11-5-15)14-18-3/h4-5H,1-3H3,(H2,10,11,12,13,14,15). The lowest BCUT2D eigenvalue weighted by Crippen LogP contribution is -2.35. The van der Waals surface area contributed by atoms with Crippen LogP contribution in [0.2, 0.25) is 0 Å². The minimum Gasteiger partial charge on any atom is -0.491 e. The summed E-state index contributed by atoms with van der Waals surface area (Å²) in [6.45, 7) is 0. The normalized spacial score (nSPS) is 10.7. The Morgan fingerprint density at radius 3 is 2.72 bits per heavy atom. The Labute approximate surface area is 103 Å². The number of hydrogen-bond acceptors (Lipinski definition) is 7. The number of nitrogens with zero attached hydrogens (tertiary/aromatic N) is 3. The maximum atomic E-state index is 10.4. The predicted octanol–water partition coefficient (Wildman–Crippen LogP) is -0.622. The molecule has 0 saturated heterocycles. The highest BCUT2D eigenvalue weighted by Crippen LogP contribution is 2.25. The maximum absolute atomic E-state index is 10.4. The molecule has 1 amide bonds. The Balaban J connectivity index is 3.10. The van der Waals surface area contributed by atoms with Gasteiger partial charge in [-0.2, -0.15) is 15.0 Å². The van der Waals surface area contributed by atoms with E-state index < -0.39 is 0 Å². The van der Waals surface area contributed by atoms with Gasteiger partial charge in [0.2, 0.25) is 18.2 Å². The van der Waals surface area contributed by atoms with E-state index in [1.54, 1.807) is 0 Å². The van der Waals surface area contributed by atoms with Gasteiger partial charge in [-0.25, -0.2) is 5.48 Å². The van der Waals surface area contributed by atoms with E-state index in [1.807, 2.05) is 0 Å². The van der Waals surface area contributed by atoms with E-state index in [2.05, 4.69) is 30.6 Å². The number of ether oxygens (including phenoxy) is 2. The molecule has 18 heavy (non-hydrogen) atoms. The zero-order valence-electron chi connectivity index (χ0n) is 10.1. The number of carbonyl (C=O) groups is 1. The molecule has 0 bridgehead atoms. The first kappa shape index (κ1) is 13.6. The fourth-order valence-electron chi connectivity index (χ4n) is 1.01. The van der Waals surface area contributed by atoms with E-state index in [9.17, 15) is 4.79 Å². The Hall–Kier alpha value is -2.42. The Bertz CT molecular complexity index is 437. The van der Waals surface area contributed by atoms with Gasteiger partial charge in [0.15, 0.2) is 5.75 Å². The summed E-state index contributed by atoms with van der Waals surface area (Å²) in [7, 11) is 4.24. The summed E-state index contributed by atoms with van der Waals surface area (Å²) in [6.07, 6.45) is 1.84. The van der Waals surface area contributed by atoms with Crippen molar-refractivity contribution in [1.82, 2.24) is 20.8 Å². The number of guanidine groups is 1. The molecule has 1 aromatic rings. The summed E-state index contributed by atoms with van der Waals surface area (Å²) < 4.78 is 9.90. The third kappa shape index (κ3) is 3.56. The van der Waals surface area contributed by atoms with E-state index in [4.69, 9.17) is 9.47 Å². The molecule has 1 heterocycles. The summed E-state index contributed by atoms with van der Waals surface area (Å²) in [5, 5.41) is 2.30. The molecule has 9 heteroatoms. The van der Waals surface area contributed by atoms with Gasteiger partial charge in [0.1, 0.15) is 0 Å². The number of carbonyl (C=O) groups excluding carboxylic acids is 1. The Morgan fingerprint density at radius 2 is 2.17 bits per heavy atom. The van der Waals surface area contributed by atoms with Crippen molar-refractivity contribution in [3.8, 4) is 11.8 Å². The molecule has 0 fully saturated rings. The number of aromatic nitrogens is 2. The smallest absolute Gasteiger partial charge is 0.318 e. The van der Waals surface area contributed by atoms with Crippen LogP contribution in [0.1, 0.15) is 0 Å². The highest BCUT2D eigenvalue weighted by atomic mass is 16.6. The lowest BCUT2D eigenvalue weighted by molar-refractivity contribution is -0.108. The first-order valence-electron chi connectivity index (χ1n) is 4.78. The SMILES string of the molecule is CONC(=Nc1nc(OC)ncc1OC)NC=O. The van der Waals surface area contributed by atoms with E-state index >= 15 is 0 Å². The average molecular weight is 255 g/mol. The Kier molecular flexibility index (Phi) is 5.32. The maximum Gasteiger partial charge on any atom is 0.318 e. The van der Waals surface area contributed by atoms with E-state index in [-0.39, 0.29) is 17.8 Å². The van der Waals surface area contributed by atoms with Crippen LogP contribution in [-0.2, 0) is 9.63 Å². The lowest BCUT2D eigenvalue weighted by atomic mass is 10.5. The first-order valence-corrected chi connectivity index (χ1v) is 4.78. The summed E-state index contributed by atoms with van der Waals surface area (Å²) in [5.41, 5.74) is 2.37. The second-order valence-corrected chi connectivity index (χ2v) is 2.78. The monoisotopic (exact) mass is 255 g/mol. The fraction of sp³-hybridized carbons (Fsp3) is 0.333. The van der Waals surface area contributed by atoms with Crippen molar-refractivity contribution in [2.75, 3.05) is 21.3 Å². The number of amides is 1. The van der Waals surface area contributed by atoms with Crippen molar-refractivity contribution < 1.29 is 19.1 Å². The van der Waals surface area contributed by atoms with Crippen LogP contribution in [0, 0.1) is 0 Å².